The Bertz CT molecular complexity index is 1530. The van der Waals surface area contributed by atoms with Crippen LogP contribution in [0.25, 0.3) is 0 Å². The highest BCUT2D eigenvalue weighted by Crippen LogP contribution is 2.42. The predicted octanol–water partition coefficient (Wildman–Crippen LogP) is 13.7. The molecule has 352 valence electrons. The second-order valence-electron chi connectivity index (χ2n) is 14.6. The van der Waals surface area contributed by atoms with Gasteiger partial charge in [-0.3, -0.25) is 18.6 Å². The van der Waals surface area contributed by atoms with E-state index < -0.39 is 26.5 Å². The molecule has 0 fully saturated rings. The van der Waals surface area contributed by atoms with Crippen molar-refractivity contribution in [3.05, 3.63) is 146 Å². The molecule has 10 heteroatoms. The van der Waals surface area contributed by atoms with Gasteiger partial charge in [0.1, 0.15) is 12.7 Å². The van der Waals surface area contributed by atoms with Crippen LogP contribution in [0.2, 0.25) is 0 Å². The summed E-state index contributed by atoms with van der Waals surface area (Å²) in [6, 6.07) is 0. The fourth-order valence-electron chi connectivity index (χ4n) is 5.35. The summed E-state index contributed by atoms with van der Waals surface area (Å²) in [7, 11) is -4.46. The fraction of sp³-hybridized carbons (Fsp3) is 0.509. The Labute approximate surface area is 382 Å². The number of hydrogen-bond acceptors (Lipinski definition) is 7. The van der Waals surface area contributed by atoms with Crippen molar-refractivity contribution in [2.45, 2.75) is 148 Å². The summed E-state index contributed by atoms with van der Waals surface area (Å²) >= 11 is 0. The summed E-state index contributed by atoms with van der Waals surface area (Å²) in [5.41, 5.74) is 0. The number of nitrogens with one attached hydrogen (secondary N) is 1. The molecule has 2 atom stereocenters. The molecule has 0 heterocycles. The number of ether oxygens (including phenoxy) is 1. The van der Waals surface area contributed by atoms with Crippen LogP contribution in [0.4, 0.5) is 0 Å². The molecule has 0 aliphatic rings. The standard InChI is InChI=1S/C53H82NO8P/c1-3-5-7-9-11-13-15-17-19-21-23-24-25-26-28-29-31-33-35-37-39-41-43-45-52(56)54-47-48-61-63(58,59)62-50-51(55)49-60-53(57)46-44-42-40-38-36-34-32-30-27-22-20-18-16-14-12-10-8-6-4-2/h5-8,11-14,17-20,23-24,26-28,30-31,33-34,36,40,42,51,55H,3-4,9-10,15-16,21-22,25,29,32,35,37-39,41,43-50H2,1-2H3,(H,54,56)(H,58,59)/b7-5-,8-6-,13-11-,14-12-,19-17-,20-18-,24-23-,28-26-,30-27-,33-31-,36-34-,42-40-. The first-order valence-corrected chi connectivity index (χ1v) is 24.8. The Morgan fingerprint density at radius 3 is 1.30 bits per heavy atom. The number of phosphoric ester groups is 1. The number of amides is 1. The molecule has 0 aliphatic heterocycles. The number of aliphatic hydroxyl groups excluding tert-OH is 1. The topological polar surface area (TPSA) is 131 Å². The van der Waals surface area contributed by atoms with Crippen LogP contribution in [0.3, 0.4) is 0 Å². The maximum Gasteiger partial charge on any atom is 0.472 e. The van der Waals surface area contributed by atoms with Gasteiger partial charge in [-0.1, -0.05) is 173 Å². The van der Waals surface area contributed by atoms with E-state index in [0.29, 0.717) is 12.8 Å². The first-order valence-electron chi connectivity index (χ1n) is 23.3. The number of phosphoric acid groups is 1. The number of allylic oxidation sites excluding steroid dienone is 24. The van der Waals surface area contributed by atoms with Crippen LogP contribution in [0.5, 0.6) is 0 Å². The Balaban J connectivity index is 3.77. The average molecular weight is 892 g/mol. The summed E-state index contributed by atoms with van der Waals surface area (Å²) in [6.45, 7) is 3.17. The Morgan fingerprint density at radius 1 is 0.492 bits per heavy atom. The van der Waals surface area contributed by atoms with Crippen molar-refractivity contribution in [3.63, 3.8) is 0 Å². The molecule has 3 N–H and O–H groups in total. The van der Waals surface area contributed by atoms with Gasteiger partial charge in [-0.05, 0) is 103 Å². The highest BCUT2D eigenvalue weighted by atomic mass is 31.2. The van der Waals surface area contributed by atoms with Gasteiger partial charge in [0.15, 0.2) is 0 Å². The molecule has 9 nitrogen and oxygen atoms in total. The summed E-state index contributed by atoms with van der Waals surface area (Å²) in [4.78, 5) is 34.0. The number of unbranched alkanes of at least 4 members (excludes halogenated alkanes) is 4. The molecule has 0 aromatic rings. The van der Waals surface area contributed by atoms with Crippen molar-refractivity contribution in [2.24, 2.45) is 0 Å². The van der Waals surface area contributed by atoms with Crippen LogP contribution in [-0.4, -0.2) is 54.3 Å². The molecule has 0 radical (unpaired) electrons. The number of carbonyl (C=O) groups is 2. The molecule has 0 saturated carbocycles. The molecule has 63 heavy (non-hydrogen) atoms. The van der Waals surface area contributed by atoms with Gasteiger partial charge in [0.05, 0.1) is 13.2 Å². The zero-order chi connectivity index (χ0) is 46.0. The van der Waals surface area contributed by atoms with Gasteiger partial charge in [-0.2, -0.15) is 0 Å². The lowest BCUT2D eigenvalue weighted by molar-refractivity contribution is -0.147. The third-order valence-corrected chi connectivity index (χ3v) is 9.76. The lowest BCUT2D eigenvalue weighted by Crippen LogP contribution is -2.27. The minimum absolute atomic E-state index is 0.0480. The van der Waals surface area contributed by atoms with E-state index in [2.05, 4.69) is 153 Å². The minimum atomic E-state index is -4.46. The van der Waals surface area contributed by atoms with E-state index in [1.54, 1.807) is 0 Å². The van der Waals surface area contributed by atoms with Gasteiger partial charge in [0.25, 0.3) is 0 Å². The maximum atomic E-state index is 12.1. The van der Waals surface area contributed by atoms with Crippen LogP contribution in [0.15, 0.2) is 146 Å². The predicted molar refractivity (Wildman–Crippen MR) is 265 cm³/mol. The largest absolute Gasteiger partial charge is 0.472 e. The number of carbonyl (C=O) groups excluding carboxylic acids is 2. The van der Waals surface area contributed by atoms with E-state index in [1.165, 1.54) is 0 Å². The zero-order valence-electron chi connectivity index (χ0n) is 38.7. The number of hydrogen-bond donors (Lipinski definition) is 3. The van der Waals surface area contributed by atoms with E-state index >= 15 is 0 Å². The molecule has 2 unspecified atom stereocenters. The van der Waals surface area contributed by atoms with E-state index in [-0.39, 0.29) is 32.1 Å². The summed E-state index contributed by atoms with van der Waals surface area (Å²) in [6.07, 6.45) is 67.9. The summed E-state index contributed by atoms with van der Waals surface area (Å²) in [5.74, 6) is -0.643. The lowest BCUT2D eigenvalue weighted by Gasteiger charge is -2.15. The third-order valence-electron chi connectivity index (χ3n) is 8.78. The van der Waals surface area contributed by atoms with Crippen molar-refractivity contribution >= 4 is 19.7 Å². The SMILES string of the molecule is CC/C=C\C/C=C\C/C=C\C/C=C\C/C=C\C/C=C\CCCCCCC(=O)NCCOP(=O)(O)OCC(O)COC(=O)CC/C=C\C/C=C\C/C=C\C/C=C\C/C=C\C/C=C\CC. The van der Waals surface area contributed by atoms with Crippen LogP contribution >= 0.6 is 7.82 Å². The van der Waals surface area contributed by atoms with Crippen molar-refractivity contribution < 1.29 is 37.9 Å². The quantitative estimate of drug-likeness (QED) is 0.0239. The van der Waals surface area contributed by atoms with E-state index in [0.717, 1.165) is 109 Å². The number of aliphatic hydroxyl groups is 1. The van der Waals surface area contributed by atoms with Gasteiger partial charge < -0.3 is 20.1 Å². The normalized spacial score (nSPS) is 14.5. The number of esters is 1. The van der Waals surface area contributed by atoms with E-state index in [9.17, 15) is 24.2 Å². The molecule has 0 spiro atoms. The zero-order valence-corrected chi connectivity index (χ0v) is 39.6. The first kappa shape index (κ1) is 58.9. The summed E-state index contributed by atoms with van der Waals surface area (Å²) in [5, 5.41) is 12.7. The van der Waals surface area contributed by atoms with Gasteiger partial charge in [-0.25, -0.2) is 4.57 Å². The molecule has 0 rings (SSSR count). The highest BCUT2D eigenvalue weighted by Gasteiger charge is 2.23. The molecule has 0 aromatic heterocycles. The molecule has 1 amide bonds. The molecule has 0 bridgehead atoms. The Morgan fingerprint density at radius 2 is 0.873 bits per heavy atom. The van der Waals surface area contributed by atoms with E-state index in [4.69, 9.17) is 13.8 Å². The van der Waals surface area contributed by atoms with Crippen LogP contribution < -0.4 is 5.32 Å². The second-order valence-corrected chi connectivity index (χ2v) is 16.1. The first-order chi connectivity index (χ1) is 30.8. The Kier molecular flexibility index (Phi) is 44.3. The summed E-state index contributed by atoms with van der Waals surface area (Å²) < 4.78 is 26.8. The van der Waals surface area contributed by atoms with Crippen molar-refractivity contribution in [1.82, 2.24) is 5.32 Å². The van der Waals surface area contributed by atoms with E-state index in [1.807, 2.05) is 12.2 Å². The minimum Gasteiger partial charge on any atom is -0.463 e. The van der Waals surface area contributed by atoms with Gasteiger partial charge >= 0.3 is 13.8 Å². The second kappa shape index (κ2) is 47.4. The lowest BCUT2D eigenvalue weighted by atomic mass is 10.1. The van der Waals surface area contributed by atoms with Crippen molar-refractivity contribution in [1.29, 1.82) is 0 Å². The number of rotatable bonds is 41. The van der Waals surface area contributed by atoms with Crippen molar-refractivity contribution in [2.75, 3.05) is 26.4 Å². The monoisotopic (exact) mass is 892 g/mol. The Hall–Kier alpha value is -4.11. The average Bonchev–Trinajstić information content (AvgIpc) is 3.27. The molecule has 0 aromatic carbocycles. The highest BCUT2D eigenvalue weighted by molar-refractivity contribution is 7.47. The molecule has 0 saturated heterocycles. The van der Waals surface area contributed by atoms with Crippen LogP contribution in [-0.2, 0) is 27.9 Å². The molecule has 0 aliphatic carbocycles. The van der Waals surface area contributed by atoms with Gasteiger partial charge in [0.2, 0.25) is 5.91 Å². The van der Waals surface area contributed by atoms with Crippen LogP contribution in [0.1, 0.15) is 142 Å². The smallest absolute Gasteiger partial charge is 0.463 e. The molecular weight excluding hydrogens is 810 g/mol. The van der Waals surface area contributed by atoms with Gasteiger partial charge in [-0.15, -0.1) is 0 Å². The van der Waals surface area contributed by atoms with Crippen molar-refractivity contribution in [3.8, 4) is 0 Å². The maximum absolute atomic E-state index is 12.1. The molecular formula is C53H82NO8P. The van der Waals surface area contributed by atoms with Gasteiger partial charge in [0, 0.05) is 19.4 Å². The third kappa shape index (κ3) is 48.8. The van der Waals surface area contributed by atoms with Crippen LogP contribution in [0, 0.1) is 0 Å². The fourth-order valence-corrected chi connectivity index (χ4v) is 6.11.